The number of carbonyl (C=O) groups is 1. The molecule has 1 aromatic rings. The smallest absolute Gasteiger partial charge is 0.255 e. The molecule has 5 nitrogen and oxygen atoms in total. The predicted octanol–water partition coefficient (Wildman–Crippen LogP) is 3.20. The fourth-order valence-corrected chi connectivity index (χ4v) is 5.20. The quantitative estimate of drug-likeness (QED) is 0.823. The fraction of sp³-hybridized carbons (Fsp3) is 0.636. The Morgan fingerprint density at radius 1 is 1.15 bits per heavy atom. The SMILES string of the molecule is N#Cc1ccccc1C(=O)N1CCC[C@@]2(CCCN2C[C@@H]2CCCO2)CC1. The molecule has 4 rings (SSSR count). The van der Waals surface area contributed by atoms with Crippen molar-refractivity contribution in [2.24, 2.45) is 0 Å². The molecule has 2 atom stereocenters. The first-order valence-corrected chi connectivity index (χ1v) is 10.4. The maximum Gasteiger partial charge on any atom is 0.255 e. The van der Waals surface area contributed by atoms with Crippen LogP contribution in [0.4, 0.5) is 0 Å². The van der Waals surface area contributed by atoms with Crippen LogP contribution in [0, 0.1) is 11.3 Å². The average Bonchev–Trinajstić information content (AvgIpc) is 3.29. The minimum absolute atomic E-state index is 0.00729. The first-order chi connectivity index (χ1) is 13.2. The van der Waals surface area contributed by atoms with Gasteiger partial charge in [0, 0.05) is 31.8 Å². The predicted molar refractivity (Wildman–Crippen MR) is 103 cm³/mol. The van der Waals surface area contributed by atoms with Crippen molar-refractivity contribution in [1.29, 1.82) is 5.26 Å². The van der Waals surface area contributed by atoms with Crippen molar-refractivity contribution in [1.82, 2.24) is 9.80 Å². The van der Waals surface area contributed by atoms with E-state index >= 15 is 0 Å². The molecule has 0 radical (unpaired) electrons. The fourth-order valence-electron chi connectivity index (χ4n) is 5.20. The van der Waals surface area contributed by atoms with Crippen LogP contribution in [0.25, 0.3) is 0 Å². The normalized spacial score (nSPS) is 29.0. The van der Waals surface area contributed by atoms with Crippen molar-refractivity contribution in [2.75, 3.05) is 32.8 Å². The maximum absolute atomic E-state index is 13.0. The van der Waals surface area contributed by atoms with Gasteiger partial charge in [0.05, 0.1) is 23.3 Å². The Kier molecular flexibility index (Phi) is 5.47. The Labute approximate surface area is 161 Å². The molecule has 3 heterocycles. The molecule has 3 aliphatic rings. The van der Waals surface area contributed by atoms with Gasteiger partial charge < -0.3 is 9.64 Å². The van der Waals surface area contributed by atoms with Gasteiger partial charge in [0.25, 0.3) is 5.91 Å². The van der Waals surface area contributed by atoms with Crippen molar-refractivity contribution < 1.29 is 9.53 Å². The van der Waals surface area contributed by atoms with Crippen LogP contribution in [-0.4, -0.2) is 60.1 Å². The van der Waals surface area contributed by atoms with E-state index in [-0.39, 0.29) is 11.4 Å². The Morgan fingerprint density at radius 3 is 2.74 bits per heavy atom. The average molecular weight is 367 g/mol. The Morgan fingerprint density at radius 2 is 1.96 bits per heavy atom. The van der Waals surface area contributed by atoms with Gasteiger partial charge in [0.2, 0.25) is 0 Å². The highest BCUT2D eigenvalue weighted by molar-refractivity contribution is 5.96. The highest BCUT2D eigenvalue weighted by Crippen LogP contribution is 2.39. The minimum atomic E-state index is 0.00729. The molecule has 0 saturated carbocycles. The van der Waals surface area contributed by atoms with E-state index in [1.165, 1.54) is 25.7 Å². The summed E-state index contributed by atoms with van der Waals surface area (Å²) in [5, 5.41) is 9.32. The van der Waals surface area contributed by atoms with Crippen molar-refractivity contribution >= 4 is 5.91 Å². The van der Waals surface area contributed by atoms with Gasteiger partial charge in [-0.1, -0.05) is 12.1 Å². The number of nitriles is 1. The monoisotopic (exact) mass is 367 g/mol. The lowest BCUT2D eigenvalue weighted by Gasteiger charge is -2.39. The molecule has 5 heteroatoms. The van der Waals surface area contributed by atoms with Gasteiger partial charge in [-0.2, -0.15) is 5.26 Å². The number of hydrogen-bond donors (Lipinski definition) is 0. The Balaban J connectivity index is 1.45. The second-order valence-electron chi connectivity index (χ2n) is 8.21. The molecule has 1 amide bonds. The van der Waals surface area contributed by atoms with Crippen molar-refractivity contribution in [2.45, 2.75) is 56.6 Å². The highest BCUT2D eigenvalue weighted by atomic mass is 16.5. The number of benzene rings is 1. The number of amides is 1. The van der Waals surface area contributed by atoms with Gasteiger partial charge >= 0.3 is 0 Å². The van der Waals surface area contributed by atoms with Crippen molar-refractivity contribution in [3.05, 3.63) is 35.4 Å². The molecule has 0 aromatic heterocycles. The Hall–Kier alpha value is -1.90. The van der Waals surface area contributed by atoms with Gasteiger partial charge in [-0.15, -0.1) is 0 Å². The molecule has 144 valence electrons. The molecule has 1 aromatic carbocycles. The number of hydrogen-bond acceptors (Lipinski definition) is 4. The molecule has 1 spiro atoms. The largest absolute Gasteiger partial charge is 0.377 e. The number of ether oxygens (including phenoxy) is 1. The van der Waals surface area contributed by atoms with Crippen LogP contribution in [0.2, 0.25) is 0 Å². The molecule has 3 fully saturated rings. The summed E-state index contributed by atoms with van der Waals surface area (Å²) in [6.45, 7) is 4.68. The van der Waals surface area contributed by atoms with Crippen molar-refractivity contribution in [3.8, 4) is 6.07 Å². The van der Waals surface area contributed by atoms with Gasteiger partial charge in [0.15, 0.2) is 0 Å². The summed E-state index contributed by atoms with van der Waals surface area (Å²) in [6, 6.07) is 9.32. The van der Waals surface area contributed by atoms with E-state index in [1.54, 1.807) is 12.1 Å². The van der Waals surface area contributed by atoms with Gasteiger partial charge in [-0.05, 0) is 63.6 Å². The lowest BCUT2D eigenvalue weighted by molar-refractivity contribution is 0.0339. The van der Waals surface area contributed by atoms with E-state index in [2.05, 4.69) is 11.0 Å². The summed E-state index contributed by atoms with van der Waals surface area (Å²) < 4.78 is 5.89. The molecular formula is C22H29N3O2. The number of nitrogens with zero attached hydrogens (tertiary/aromatic N) is 3. The number of likely N-dealkylation sites (tertiary alicyclic amines) is 2. The van der Waals surface area contributed by atoms with Crippen LogP contribution >= 0.6 is 0 Å². The molecule has 0 aliphatic carbocycles. The van der Waals surface area contributed by atoms with Crippen LogP contribution in [0.5, 0.6) is 0 Å². The summed E-state index contributed by atoms with van der Waals surface area (Å²) >= 11 is 0. The lowest BCUT2D eigenvalue weighted by atomic mass is 9.87. The van der Waals surface area contributed by atoms with E-state index in [1.807, 2.05) is 17.0 Å². The molecule has 0 bridgehead atoms. The topological polar surface area (TPSA) is 56.6 Å². The van der Waals surface area contributed by atoms with Gasteiger partial charge in [0.1, 0.15) is 0 Å². The molecule has 0 N–H and O–H groups in total. The number of carbonyl (C=O) groups excluding carboxylic acids is 1. The standard InChI is InChI=1S/C22H29N3O2/c23-16-18-6-1-2-8-20(18)21(26)24-12-4-9-22(11-14-24)10-5-13-25(22)17-19-7-3-15-27-19/h1-2,6,8,19H,3-5,7,9-15,17H2/t19-,22+/m0/s1. The summed E-state index contributed by atoms with van der Waals surface area (Å²) in [5.74, 6) is 0.00729. The third kappa shape index (κ3) is 3.74. The minimum Gasteiger partial charge on any atom is -0.377 e. The van der Waals surface area contributed by atoms with Gasteiger partial charge in [-0.3, -0.25) is 9.69 Å². The van der Waals surface area contributed by atoms with E-state index in [4.69, 9.17) is 4.74 Å². The Bertz CT molecular complexity index is 723. The molecule has 27 heavy (non-hydrogen) atoms. The molecule has 0 unspecified atom stereocenters. The van der Waals surface area contributed by atoms with Crippen LogP contribution in [0.3, 0.4) is 0 Å². The zero-order valence-corrected chi connectivity index (χ0v) is 16.0. The van der Waals surface area contributed by atoms with Crippen LogP contribution in [0.15, 0.2) is 24.3 Å². The summed E-state index contributed by atoms with van der Waals surface area (Å²) in [7, 11) is 0. The second kappa shape index (κ2) is 8.00. The maximum atomic E-state index is 13.0. The van der Waals surface area contributed by atoms with E-state index in [0.717, 1.165) is 52.0 Å². The molecule has 3 saturated heterocycles. The molecule has 3 aliphatic heterocycles. The van der Waals surface area contributed by atoms with Crippen LogP contribution in [-0.2, 0) is 4.74 Å². The zero-order chi connectivity index (χ0) is 18.7. The van der Waals surface area contributed by atoms with E-state index in [9.17, 15) is 10.1 Å². The van der Waals surface area contributed by atoms with Gasteiger partial charge in [-0.25, -0.2) is 0 Å². The van der Waals surface area contributed by atoms with E-state index in [0.29, 0.717) is 17.2 Å². The first kappa shape index (κ1) is 18.5. The summed E-state index contributed by atoms with van der Waals surface area (Å²) in [5.41, 5.74) is 1.25. The summed E-state index contributed by atoms with van der Waals surface area (Å²) in [6.07, 6.45) is 8.46. The number of rotatable bonds is 3. The zero-order valence-electron chi connectivity index (χ0n) is 16.0. The lowest BCUT2D eigenvalue weighted by Crippen LogP contribution is -2.47. The van der Waals surface area contributed by atoms with Crippen LogP contribution < -0.4 is 0 Å². The third-order valence-electron chi connectivity index (χ3n) is 6.67. The highest BCUT2D eigenvalue weighted by Gasteiger charge is 2.43. The van der Waals surface area contributed by atoms with E-state index < -0.39 is 0 Å². The van der Waals surface area contributed by atoms with Crippen molar-refractivity contribution in [3.63, 3.8) is 0 Å². The third-order valence-corrected chi connectivity index (χ3v) is 6.67. The first-order valence-electron chi connectivity index (χ1n) is 10.4. The van der Waals surface area contributed by atoms with Crippen LogP contribution in [0.1, 0.15) is 60.9 Å². The second-order valence-corrected chi connectivity index (χ2v) is 8.21. The summed E-state index contributed by atoms with van der Waals surface area (Å²) in [4.78, 5) is 17.7. The molecular weight excluding hydrogens is 338 g/mol.